The molecule has 0 spiro atoms. The maximum atomic E-state index is 13.5. The van der Waals surface area contributed by atoms with Crippen LogP contribution in [0.25, 0.3) is 0 Å². The number of tetrazole rings is 1. The summed E-state index contributed by atoms with van der Waals surface area (Å²) in [5.41, 5.74) is -0.00687. The van der Waals surface area contributed by atoms with Crippen molar-refractivity contribution in [3.63, 3.8) is 0 Å². The Hall–Kier alpha value is -5.17. The molecule has 4 heterocycles. The number of urea groups is 1. The molecule has 5 rings (SSSR count). The number of anilines is 2. The first-order chi connectivity index (χ1) is 21.7. The number of nitrogens with one attached hydrogen (secondary N) is 5. The van der Waals surface area contributed by atoms with Crippen molar-refractivity contribution in [1.82, 2.24) is 45.7 Å². The molecule has 0 saturated carbocycles. The van der Waals surface area contributed by atoms with Crippen molar-refractivity contribution in [2.75, 3.05) is 28.7 Å². The van der Waals surface area contributed by atoms with Gasteiger partial charge in [0.05, 0.1) is 6.20 Å². The van der Waals surface area contributed by atoms with Crippen LogP contribution in [0.15, 0.2) is 70.4 Å². The highest BCUT2D eigenvalue weighted by Crippen LogP contribution is 2.41. The zero-order valence-electron chi connectivity index (χ0n) is 23.6. The fourth-order valence-electron chi connectivity index (χ4n) is 4.50. The number of aryl methyl sites for hydroxylation is 1. The number of benzene rings is 1. The molecule has 0 bridgehead atoms. The van der Waals surface area contributed by atoms with Crippen molar-refractivity contribution in [3.05, 3.63) is 76.4 Å². The summed E-state index contributed by atoms with van der Waals surface area (Å²) in [6.07, 6.45) is 2.74. The van der Waals surface area contributed by atoms with E-state index in [2.05, 4.69) is 53.3 Å². The van der Waals surface area contributed by atoms with Gasteiger partial charge in [0, 0.05) is 25.1 Å². The summed E-state index contributed by atoms with van der Waals surface area (Å²) in [5, 5.41) is 31.4. The van der Waals surface area contributed by atoms with Gasteiger partial charge in [0.25, 0.3) is 11.5 Å². The molecule has 0 aliphatic carbocycles. The molecular formula is C26H27N11O6S2. The monoisotopic (exact) mass is 653 g/mol. The van der Waals surface area contributed by atoms with Gasteiger partial charge in [-0.2, -0.15) is 0 Å². The van der Waals surface area contributed by atoms with Crippen LogP contribution in [0.2, 0.25) is 0 Å². The highest BCUT2D eigenvalue weighted by Gasteiger charge is 2.54. The van der Waals surface area contributed by atoms with Crippen molar-refractivity contribution in [1.29, 1.82) is 0 Å². The molecule has 1 saturated heterocycles. The molecule has 6 N–H and O–H groups in total. The lowest BCUT2D eigenvalue weighted by atomic mass is 10.0. The summed E-state index contributed by atoms with van der Waals surface area (Å²) in [4.78, 5) is 72.0. The topological polar surface area (TPSA) is 229 Å². The number of fused-ring (bicyclic) bond motifs is 1. The lowest BCUT2D eigenvalue weighted by molar-refractivity contribution is -0.150. The predicted octanol–water partition coefficient (Wildman–Crippen LogP) is 0.285. The number of β-lactam (4-membered cyclic amide) rings is 1. The number of aliphatic carboxylic acids is 1. The first kappa shape index (κ1) is 31.3. The van der Waals surface area contributed by atoms with Gasteiger partial charge in [-0.25, -0.2) is 19.3 Å². The van der Waals surface area contributed by atoms with E-state index in [9.17, 15) is 29.1 Å². The summed E-state index contributed by atoms with van der Waals surface area (Å²) in [7, 11) is 1.66. The maximum absolute atomic E-state index is 13.5. The molecule has 3 atom stereocenters. The molecule has 234 valence electrons. The number of carbonyl (C=O) groups is 4. The maximum Gasteiger partial charge on any atom is 0.352 e. The second-order valence-electron chi connectivity index (χ2n) is 9.61. The van der Waals surface area contributed by atoms with Gasteiger partial charge in [-0.15, -0.1) is 23.4 Å². The molecule has 4 amide bonds. The van der Waals surface area contributed by atoms with Crippen LogP contribution in [-0.2, 0) is 21.4 Å². The zero-order chi connectivity index (χ0) is 32.1. The Labute approximate surface area is 263 Å². The lowest BCUT2D eigenvalue weighted by Crippen LogP contribution is -2.71. The van der Waals surface area contributed by atoms with Gasteiger partial charge in [-0.3, -0.25) is 24.3 Å². The molecule has 0 radical (unpaired) electrons. The van der Waals surface area contributed by atoms with Crippen LogP contribution >= 0.6 is 23.5 Å². The van der Waals surface area contributed by atoms with Gasteiger partial charge >= 0.3 is 12.0 Å². The van der Waals surface area contributed by atoms with E-state index in [4.69, 9.17) is 0 Å². The molecule has 2 aliphatic rings. The van der Waals surface area contributed by atoms with Gasteiger partial charge in [-0.05, 0) is 21.6 Å². The van der Waals surface area contributed by atoms with Crippen LogP contribution in [0, 0.1) is 0 Å². The largest absolute Gasteiger partial charge is 0.477 e. The molecule has 2 aromatic heterocycles. The van der Waals surface area contributed by atoms with E-state index in [1.807, 2.05) is 0 Å². The number of carboxylic acid groups (broad SMARTS) is 1. The number of hydrogen-bond donors (Lipinski definition) is 6. The number of aromatic amines is 1. The summed E-state index contributed by atoms with van der Waals surface area (Å²) >= 11 is 2.55. The summed E-state index contributed by atoms with van der Waals surface area (Å²) in [5.74, 6) is -1.84. The Kier molecular flexibility index (Phi) is 9.48. The average Bonchev–Trinajstić information content (AvgIpc) is 3.45. The number of amides is 4. The Bertz CT molecular complexity index is 1730. The van der Waals surface area contributed by atoms with E-state index in [0.29, 0.717) is 28.6 Å². The Morgan fingerprint density at radius 2 is 2.04 bits per heavy atom. The first-order valence-electron chi connectivity index (χ1n) is 13.3. The molecular weight excluding hydrogens is 626 g/mol. The SMILES string of the molecule is C=CCNc1ncc(NC(=O)N[C@@H](C(=O)NC2C(=O)N3C(C(=O)O)=C(CSc4nnnn4C)CS[C@H]23)c2ccccc2)c(=O)[nH]1. The predicted molar refractivity (Wildman–Crippen MR) is 164 cm³/mol. The summed E-state index contributed by atoms with van der Waals surface area (Å²) in [6.45, 7) is 3.93. The van der Waals surface area contributed by atoms with Crippen LogP contribution in [0.1, 0.15) is 11.6 Å². The Morgan fingerprint density at radius 1 is 1.27 bits per heavy atom. The van der Waals surface area contributed by atoms with Gasteiger partial charge in [0.15, 0.2) is 0 Å². The molecule has 19 heteroatoms. The van der Waals surface area contributed by atoms with Crippen molar-refractivity contribution < 1.29 is 24.3 Å². The number of rotatable bonds is 12. The molecule has 1 unspecified atom stereocenters. The first-order valence-corrected chi connectivity index (χ1v) is 15.3. The van der Waals surface area contributed by atoms with Crippen molar-refractivity contribution >= 4 is 59.0 Å². The van der Waals surface area contributed by atoms with Gasteiger partial charge in [-0.1, -0.05) is 48.2 Å². The third-order valence-corrected chi connectivity index (χ3v) is 9.07. The number of hydrogen-bond acceptors (Lipinski definition) is 12. The minimum absolute atomic E-state index is 0.140. The zero-order valence-corrected chi connectivity index (χ0v) is 25.2. The Balaban J connectivity index is 1.28. The normalized spacial score (nSPS) is 17.9. The molecule has 17 nitrogen and oxygen atoms in total. The van der Waals surface area contributed by atoms with Crippen LogP contribution in [-0.4, -0.2) is 93.5 Å². The number of nitrogens with zero attached hydrogens (tertiary/aromatic N) is 6. The van der Waals surface area contributed by atoms with Crippen molar-refractivity contribution in [2.45, 2.75) is 22.6 Å². The smallest absolute Gasteiger partial charge is 0.352 e. The van der Waals surface area contributed by atoms with Gasteiger partial charge in [0.1, 0.15) is 28.8 Å². The second kappa shape index (κ2) is 13.6. The standard InChI is InChI=1S/C26H27N11O6S2/c1-3-9-27-24-28-10-15(19(38)32-24)29-25(43)31-16(13-7-5-4-6-8-13)20(39)30-17-21(40)37-18(23(41)42)14(11-44-22(17)37)12-45-26-33-34-35-36(26)2/h3-8,10,16-17,22H,1,9,11-12H2,2H3,(H,30,39)(H,41,42)(H2,29,31,43)(H2,27,28,32,38)/t16-,17?,22-/m1/s1. The fourth-order valence-corrected chi connectivity index (χ4v) is 6.84. The van der Waals surface area contributed by atoms with Crippen molar-refractivity contribution in [2.24, 2.45) is 7.05 Å². The van der Waals surface area contributed by atoms with E-state index in [1.165, 1.54) is 28.2 Å². The quantitative estimate of drug-likeness (QED) is 0.0878. The van der Waals surface area contributed by atoms with Crippen LogP contribution in [0.4, 0.5) is 16.4 Å². The molecule has 1 aromatic carbocycles. The fraction of sp³-hybridized carbons (Fsp3) is 0.269. The van der Waals surface area contributed by atoms with E-state index in [1.54, 1.807) is 43.5 Å². The summed E-state index contributed by atoms with van der Waals surface area (Å²) < 4.78 is 1.45. The average molecular weight is 654 g/mol. The molecule has 2 aliphatic heterocycles. The molecule has 3 aromatic rings. The van der Waals surface area contributed by atoms with Crippen LogP contribution < -0.4 is 26.8 Å². The van der Waals surface area contributed by atoms with E-state index < -0.39 is 46.8 Å². The highest BCUT2D eigenvalue weighted by atomic mass is 32.2. The minimum atomic E-state index is -1.26. The van der Waals surface area contributed by atoms with Crippen LogP contribution in [0.3, 0.4) is 0 Å². The number of carboxylic acids is 1. The summed E-state index contributed by atoms with van der Waals surface area (Å²) in [6, 6.07) is 5.14. The lowest BCUT2D eigenvalue weighted by Gasteiger charge is -2.49. The number of carbonyl (C=O) groups excluding carboxylic acids is 3. The molecule has 45 heavy (non-hydrogen) atoms. The number of aromatic nitrogens is 6. The number of H-pyrrole nitrogens is 1. The van der Waals surface area contributed by atoms with Crippen LogP contribution in [0.5, 0.6) is 0 Å². The van der Waals surface area contributed by atoms with Gasteiger partial charge in [0.2, 0.25) is 17.0 Å². The van der Waals surface area contributed by atoms with Crippen molar-refractivity contribution in [3.8, 4) is 0 Å². The minimum Gasteiger partial charge on any atom is -0.477 e. The second-order valence-corrected chi connectivity index (χ2v) is 11.7. The third kappa shape index (κ3) is 6.83. The van der Waals surface area contributed by atoms with Gasteiger partial charge < -0.3 is 26.4 Å². The van der Waals surface area contributed by atoms with E-state index in [-0.39, 0.29) is 23.1 Å². The van der Waals surface area contributed by atoms with E-state index >= 15 is 0 Å². The van der Waals surface area contributed by atoms with E-state index in [0.717, 1.165) is 11.1 Å². The Morgan fingerprint density at radius 3 is 2.71 bits per heavy atom. The highest BCUT2D eigenvalue weighted by molar-refractivity contribution is 8.01. The third-order valence-electron chi connectivity index (χ3n) is 6.64. The molecule has 1 fully saturated rings. The number of thioether (sulfide) groups is 2.